The van der Waals surface area contributed by atoms with E-state index in [1.54, 1.807) is 7.11 Å². The van der Waals surface area contributed by atoms with Gasteiger partial charge < -0.3 is 14.2 Å². The van der Waals surface area contributed by atoms with Gasteiger partial charge in [-0.05, 0) is 74.3 Å². The van der Waals surface area contributed by atoms with Crippen molar-refractivity contribution < 1.29 is 36.6 Å². The monoisotopic (exact) mass is 492 g/mol. The van der Waals surface area contributed by atoms with Crippen LogP contribution in [0.25, 0.3) is 11.1 Å². The molecule has 2 aliphatic rings. The minimum absolute atomic E-state index is 0.00267. The third-order valence-corrected chi connectivity index (χ3v) is 7.15. The second-order valence-corrected chi connectivity index (χ2v) is 9.07. The molecule has 0 N–H and O–H groups in total. The topological polar surface area (TPSA) is 44.8 Å². The molecule has 2 unspecified atom stereocenters. The zero-order valence-electron chi connectivity index (χ0n) is 19.7. The van der Waals surface area contributed by atoms with Crippen molar-refractivity contribution in [2.45, 2.75) is 50.7 Å². The van der Waals surface area contributed by atoms with Crippen LogP contribution < -0.4 is 4.74 Å². The highest BCUT2D eigenvalue weighted by molar-refractivity contribution is 5.90. The lowest BCUT2D eigenvalue weighted by Gasteiger charge is -2.35. The van der Waals surface area contributed by atoms with Gasteiger partial charge in [-0.15, -0.1) is 0 Å². The maximum Gasteiger partial charge on any atom is 0.338 e. The van der Waals surface area contributed by atoms with Crippen LogP contribution in [0.5, 0.6) is 5.75 Å². The number of carbonyl (C=O) groups is 1. The van der Waals surface area contributed by atoms with Gasteiger partial charge in [-0.25, -0.2) is 18.0 Å². The molecule has 0 spiro atoms. The van der Waals surface area contributed by atoms with E-state index in [1.807, 2.05) is 0 Å². The molecule has 0 aliphatic heterocycles. The Labute approximate surface area is 201 Å². The molecule has 0 amide bonds. The third kappa shape index (κ3) is 5.22. The summed E-state index contributed by atoms with van der Waals surface area (Å²) in [6, 6.07) is 8.28. The van der Waals surface area contributed by atoms with E-state index in [0.29, 0.717) is 12.0 Å². The van der Waals surface area contributed by atoms with Gasteiger partial charge in [-0.2, -0.15) is 4.39 Å². The lowest BCUT2D eigenvalue weighted by molar-refractivity contribution is 0.0187. The summed E-state index contributed by atoms with van der Waals surface area (Å²) >= 11 is 0. The van der Waals surface area contributed by atoms with Crippen molar-refractivity contribution in [3.05, 3.63) is 65.2 Å². The number of allylic oxidation sites excluding steroid dienone is 1. The van der Waals surface area contributed by atoms with Crippen LogP contribution >= 0.6 is 0 Å². The Balaban J connectivity index is 1.42. The first-order chi connectivity index (χ1) is 16.8. The number of benzene rings is 2. The van der Waals surface area contributed by atoms with Gasteiger partial charge in [-0.1, -0.05) is 12.1 Å². The van der Waals surface area contributed by atoms with Gasteiger partial charge in [0.25, 0.3) is 0 Å². The molecular formula is C27H28F4O4. The molecule has 4 nitrogen and oxygen atoms in total. The fraction of sp³-hybridized carbons (Fsp3) is 0.444. The smallest absolute Gasteiger partial charge is 0.338 e. The predicted molar refractivity (Wildman–Crippen MR) is 122 cm³/mol. The fourth-order valence-corrected chi connectivity index (χ4v) is 5.09. The van der Waals surface area contributed by atoms with Gasteiger partial charge in [-0.3, -0.25) is 0 Å². The normalized spacial score (nSPS) is 24.9. The van der Waals surface area contributed by atoms with Crippen molar-refractivity contribution in [3.8, 4) is 16.9 Å². The van der Waals surface area contributed by atoms with Crippen LogP contribution in [0.4, 0.5) is 17.6 Å². The van der Waals surface area contributed by atoms with Crippen molar-refractivity contribution in [1.29, 1.82) is 0 Å². The Hall–Kier alpha value is -2.87. The van der Waals surface area contributed by atoms with E-state index in [2.05, 4.69) is 0 Å². The molecule has 2 aromatic carbocycles. The minimum atomic E-state index is -1.28. The van der Waals surface area contributed by atoms with Crippen molar-refractivity contribution in [2.75, 3.05) is 14.2 Å². The molecule has 1 fully saturated rings. The van der Waals surface area contributed by atoms with Crippen LogP contribution in [0.15, 0.2) is 48.1 Å². The molecule has 35 heavy (non-hydrogen) atoms. The van der Waals surface area contributed by atoms with Crippen LogP contribution in [0.3, 0.4) is 0 Å². The van der Waals surface area contributed by atoms with E-state index in [9.17, 15) is 22.4 Å². The maximum atomic E-state index is 14.9. The molecule has 4 rings (SSSR count). The Bertz CT molecular complexity index is 1090. The van der Waals surface area contributed by atoms with Gasteiger partial charge in [0.15, 0.2) is 23.5 Å². The van der Waals surface area contributed by atoms with Crippen LogP contribution in [0, 0.1) is 23.5 Å². The highest BCUT2D eigenvalue weighted by Crippen LogP contribution is 2.43. The molecular weight excluding hydrogens is 464 g/mol. The molecule has 0 saturated heterocycles. The Morgan fingerprint density at radius 2 is 1.49 bits per heavy atom. The molecule has 0 heterocycles. The Kier molecular flexibility index (Phi) is 7.79. The van der Waals surface area contributed by atoms with Crippen molar-refractivity contribution in [1.82, 2.24) is 0 Å². The van der Waals surface area contributed by atoms with Crippen molar-refractivity contribution in [2.24, 2.45) is 11.8 Å². The predicted octanol–water partition coefficient (Wildman–Crippen LogP) is 6.93. The maximum absolute atomic E-state index is 14.9. The van der Waals surface area contributed by atoms with Crippen molar-refractivity contribution in [3.63, 3.8) is 0 Å². The molecule has 0 bridgehead atoms. The molecule has 1 saturated carbocycles. The number of ether oxygens (including phenoxy) is 3. The van der Waals surface area contributed by atoms with E-state index < -0.39 is 41.3 Å². The summed E-state index contributed by atoms with van der Waals surface area (Å²) < 4.78 is 73.4. The summed E-state index contributed by atoms with van der Waals surface area (Å²) in [5, 5.41) is 0. The number of methoxy groups -OCH3 is 2. The lowest BCUT2D eigenvalue weighted by atomic mass is 9.74. The molecule has 0 radical (unpaired) electrons. The summed E-state index contributed by atoms with van der Waals surface area (Å²) in [5.74, 6) is -5.49. The van der Waals surface area contributed by atoms with Crippen LogP contribution in [0.1, 0.15) is 48.9 Å². The lowest BCUT2D eigenvalue weighted by Crippen LogP contribution is -2.31. The Morgan fingerprint density at radius 1 is 0.800 bits per heavy atom. The third-order valence-electron chi connectivity index (χ3n) is 7.15. The SMILES string of the molecule is COc1ccc(-c2ccc(C(=O)OC3CCC(C4CCC(OC)CC4)C(F)=C3F)cc2)c(F)c1F. The van der Waals surface area contributed by atoms with Gasteiger partial charge >= 0.3 is 5.97 Å². The van der Waals surface area contributed by atoms with Crippen molar-refractivity contribution >= 4 is 5.97 Å². The van der Waals surface area contributed by atoms with Gasteiger partial charge in [0.2, 0.25) is 5.82 Å². The number of hydrogen-bond acceptors (Lipinski definition) is 4. The fourth-order valence-electron chi connectivity index (χ4n) is 5.09. The van der Waals surface area contributed by atoms with Crippen LogP contribution in [-0.4, -0.2) is 32.4 Å². The van der Waals surface area contributed by atoms with Gasteiger partial charge in [0.05, 0.1) is 18.8 Å². The zero-order chi connectivity index (χ0) is 25.1. The van der Waals surface area contributed by atoms with E-state index in [4.69, 9.17) is 14.2 Å². The Morgan fingerprint density at radius 3 is 2.11 bits per heavy atom. The summed E-state index contributed by atoms with van der Waals surface area (Å²) in [4.78, 5) is 12.6. The first-order valence-electron chi connectivity index (χ1n) is 11.7. The average Bonchev–Trinajstić information content (AvgIpc) is 2.88. The molecule has 0 aromatic heterocycles. The summed E-state index contributed by atoms with van der Waals surface area (Å²) in [6.45, 7) is 0. The second-order valence-electron chi connectivity index (χ2n) is 9.07. The largest absolute Gasteiger partial charge is 0.494 e. The minimum Gasteiger partial charge on any atom is -0.494 e. The van der Waals surface area contributed by atoms with E-state index in [0.717, 1.165) is 25.7 Å². The standard InChI is InChI=1S/C27H28F4O4/c1-33-18-9-7-16(8-10-18)20-12-14-22(26(31)24(20)29)35-27(32)17-5-3-15(4-6-17)19-11-13-21(34-2)25(30)23(19)28/h3-6,11,13,16,18,20,22H,7-10,12,14H2,1-2H3. The quantitative estimate of drug-likeness (QED) is 0.324. The van der Waals surface area contributed by atoms with Crippen LogP contribution in [-0.2, 0) is 9.47 Å². The molecule has 2 atom stereocenters. The summed E-state index contributed by atoms with van der Waals surface area (Å²) in [6.07, 6.45) is 2.71. The van der Waals surface area contributed by atoms with Gasteiger partial charge in [0, 0.05) is 18.6 Å². The van der Waals surface area contributed by atoms with E-state index in [1.165, 1.54) is 43.5 Å². The highest BCUT2D eigenvalue weighted by Gasteiger charge is 2.38. The van der Waals surface area contributed by atoms with Gasteiger partial charge in [0.1, 0.15) is 5.83 Å². The number of rotatable bonds is 6. The number of carbonyl (C=O) groups excluding carboxylic acids is 1. The molecule has 2 aliphatic carbocycles. The first kappa shape index (κ1) is 25.2. The van der Waals surface area contributed by atoms with Crippen LogP contribution in [0.2, 0.25) is 0 Å². The zero-order valence-corrected chi connectivity index (χ0v) is 19.7. The first-order valence-corrected chi connectivity index (χ1v) is 11.7. The molecule has 8 heteroatoms. The average molecular weight is 493 g/mol. The summed E-state index contributed by atoms with van der Waals surface area (Å²) in [7, 11) is 2.90. The molecule has 2 aromatic rings. The number of hydrogen-bond donors (Lipinski definition) is 0. The highest BCUT2D eigenvalue weighted by atomic mass is 19.2. The number of halogens is 4. The van der Waals surface area contributed by atoms with E-state index >= 15 is 0 Å². The number of esters is 1. The summed E-state index contributed by atoms with van der Waals surface area (Å²) in [5.41, 5.74) is 0.426. The second kappa shape index (κ2) is 10.8. The van der Waals surface area contributed by atoms with E-state index in [-0.39, 0.29) is 35.3 Å². The molecule has 188 valence electrons.